The Balaban J connectivity index is 0.000000437. The van der Waals surface area contributed by atoms with Crippen LogP contribution in [0.3, 0.4) is 0 Å². The van der Waals surface area contributed by atoms with Crippen LogP contribution in [0, 0.1) is 27.7 Å². The molecule has 0 radical (unpaired) electrons. The number of rotatable bonds is 18. The van der Waals surface area contributed by atoms with E-state index in [0.717, 1.165) is 61.3 Å². The molecule has 38 heavy (non-hydrogen) atoms. The van der Waals surface area contributed by atoms with Gasteiger partial charge in [-0.3, -0.25) is 19.9 Å². The van der Waals surface area contributed by atoms with Crippen molar-refractivity contribution in [3.05, 3.63) is 45.6 Å². The highest BCUT2D eigenvalue weighted by Gasteiger charge is 2.09. The lowest BCUT2D eigenvalue weighted by Crippen LogP contribution is -2.06. The van der Waals surface area contributed by atoms with Gasteiger partial charge in [-0.15, -0.1) is 0 Å². The summed E-state index contributed by atoms with van der Waals surface area (Å²) in [6.07, 6.45) is 22.7. The molecule has 0 aromatic carbocycles. The van der Waals surface area contributed by atoms with Gasteiger partial charge < -0.3 is 0 Å². The van der Waals surface area contributed by atoms with Crippen LogP contribution in [-0.2, 0) is 25.7 Å². The van der Waals surface area contributed by atoms with Crippen LogP contribution in [0.15, 0.2) is 0 Å². The summed E-state index contributed by atoms with van der Waals surface area (Å²) in [5, 5.41) is 0. The summed E-state index contributed by atoms with van der Waals surface area (Å²) < 4.78 is 0. The summed E-state index contributed by atoms with van der Waals surface area (Å²) in [7, 11) is 0. The molecule has 2 rings (SSSR count). The summed E-state index contributed by atoms with van der Waals surface area (Å²) in [5.41, 5.74) is 9.35. The second-order valence-electron chi connectivity index (χ2n) is 11.1. The number of aryl methyl sites for hydroxylation is 8. The smallest absolute Gasteiger partial charge is 0.0619 e. The van der Waals surface area contributed by atoms with Crippen LogP contribution >= 0.6 is 0 Å². The van der Waals surface area contributed by atoms with Gasteiger partial charge in [0.2, 0.25) is 0 Å². The van der Waals surface area contributed by atoms with Crippen molar-refractivity contribution in [3.8, 4) is 0 Å². The number of hydrogen-bond donors (Lipinski definition) is 0. The van der Waals surface area contributed by atoms with Crippen LogP contribution in [0.4, 0.5) is 0 Å². The molecule has 2 aromatic heterocycles. The Kier molecular flexibility index (Phi) is 18.9. The maximum absolute atomic E-state index is 4.98. The Morgan fingerprint density at radius 3 is 1.00 bits per heavy atom. The Bertz CT molecular complexity index is 822. The molecule has 0 bridgehead atoms. The molecule has 0 amide bonds. The van der Waals surface area contributed by atoms with Crippen molar-refractivity contribution in [2.45, 2.75) is 171 Å². The molecule has 2 aromatic rings. The molecule has 2 heterocycles. The molecule has 0 aliphatic carbocycles. The van der Waals surface area contributed by atoms with Crippen molar-refractivity contribution in [2.24, 2.45) is 0 Å². The minimum atomic E-state index is 1.05. The predicted molar refractivity (Wildman–Crippen MR) is 165 cm³/mol. The molecular weight excluding hydrogens is 464 g/mol. The van der Waals surface area contributed by atoms with Crippen molar-refractivity contribution >= 4 is 0 Å². The van der Waals surface area contributed by atoms with Gasteiger partial charge in [0.25, 0.3) is 0 Å². The van der Waals surface area contributed by atoms with E-state index in [1.807, 2.05) is 0 Å². The Hall–Kier alpha value is -1.84. The first-order chi connectivity index (χ1) is 18.4. The van der Waals surface area contributed by atoms with E-state index in [2.05, 4.69) is 65.4 Å². The lowest BCUT2D eigenvalue weighted by atomic mass is 10.1. The number of hydrogen-bond acceptors (Lipinski definition) is 4. The van der Waals surface area contributed by atoms with E-state index < -0.39 is 0 Å². The van der Waals surface area contributed by atoms with Crippen LogP contribution in [0.25, 0.3) is 0 Å². The normalized spacial score (nSPS) is 10.9. The fraction of sp³-hybridized carbons (Fsp3) is 0.765. The van der Waals surface area contributed by atoms with Gasteiger partial charge in [-0.2, -0.15) is 0 Å². The van der Waals surface area contributed by atoms with E-state index in [-0.39, 0.29) is 0 Å². The largest absolute Gasteiger partial charge is 0.255 e. The third-order valence-electron chi connectivity index (χ3n) is 7.39. The average molecular weight is 525 g/mol. The summed E-state index contributed by atoms with van der Waals surface area (Å²) in [6.45, 7) is 17.3. The van der Waals surface area contributed by atoms with Crippen molar-refractivity contribution in [1.82, 2.24) is 19.9 Å². The van der Waals surface area contributed by atoms with Crippen LogP contribution in [-0.4, -0.2) is 19.9 Å². The molecule has 0 aliphatic heterocycles. The van der Waals surface area contributed by atoms with E-state index in [9.17, 15) is 0 Å². The first kappa shape index (κ1) is 34.2. The first-order valence-corrected chi connectivity index (χ1v) is 16.0. The van der Waals surface area contributed by atoms with Crippen LogP contribution < -0.4 is 0 Å². The molecule has 0 unspecified atom stereocenters. The number of aromatic nitrogens is 4. The molecule has 0 saturated carbocycles. The summed E-state index contributed by atoms with van der Waals surface area (Å²) >= 11 is 0. The average Bonchev–Trinajstić information content (AvgIpc) is 2.89. The van der Waals surface area contributed by atoms with Gasteiger partial charge in [-0.1, -0.05) is 105 Å². The third-order valence-corrected chi connectivity index (χ3v) is 7.39. The van der Waals surface area contributed by atoms with Gasteiger partial charge >= 0.3 is 0 Å². The quantitative estimate of drug-likeness (QED) is 0.182. The number of nitrogens with zero attached hydrogens (tertiary/aromatic N) is 4. The van der Waals surface area contributed by atoms with E-state index in [4.69, 9.17) is 9.97 Å². The second kappa shape index (κ2) is 21.0. The molecule has 0 atom stereocenters. The first-order valence-electron chi connectivity index (χ1n) is 16.0. The van der Waals surface area contributed by atoms with Gasteiger partial charge in [0, 0.05) is 0 Å². The standard InChI is InChI=1S/C22H40N2.C12H20N2/c1-5-7-9-11-13-15-17-21-19(3)23-20(4)22(24-21)18-16-14-12-10-8-6-2;1-5-7-11-9(3)14-12(8-6-2)10(4)13-11/h5-18H2,1-4H3;5-8H2,1-4H3. The Morgan fingerprint density at radius 1 is 0.316 bits per heavy atom. The molecule has 0 spiro atoms. The Labute approximate surface area is 236 Å². The zero-order valence-corrected chi connectivity index (χ0v) is 26.5. The summed E-state index contributed by atoms with van der Waals surface area (Å²) in [5.74, 6) is 0. The van der Waals surface area contributed by atoms with Crippen LogP contribution in [0.1, 0.15) is 163 Å². The topological polar surface area (TPSA) is 51.6 Å². The molecule has 216 valence electrons. The zero-order chi connectivity index (χ0) is 28.2. The predicted octanol–water partition coefficient (Wildman–Crippen LogP) is 9.90. The third kappa shape index (κ3) is 13.8. The fourth-order valence-corrected chi connectivity index (χ4v) is 4.97. The summed E-state index contributed by atoms with van der Waals surface area (Å²) in [4.78, 5) is 19.0. The zero-order valence-electron chi connectivity index (χ0n) is 26.5. The Morgan fingerprint density at radius 2 is 0.632 bits per heavy atom. The lowest BCUT2D eigenvalue weighted by Gasteiger charge is -2.11. The van der Waals surface area contributed by atoms with Crippen LogP contribution in [0.2, 0.25) is 0 Å². The monoisotopic (exact) mass is 524 g/mol. The molecule has 0 fully saturated rings. The highest BCUT2D eigenvalue weighted by molar-refractivity contribution is 5.20. The minimum Gasteiger partial charge on any atom is -0.255 e. The summed E-state index contributed by atoms with van der Waals surface area (Å²) in [6, 6.07) is 0. The van der Waals surface area contributed by atoms with E-state index in [1.54, 1.807) is 0 Å². The van der Waals surface area contributed by atoms with Gasteiger partial charge in [0.15, 0.2) is 0 Å². The molecular formula is C34H60N4. The van der Waals surface area contributed by atoms with Gasteiger partial charge in [-0.05, 0) is 66.2 Å². The highest BCUT2D eigenvalue weighted by atomic mass is 14.8. The second-order valence-corrected chi connectivity index (χ2v) is 11.1. The fourth-order valence-electron chi connectivity index (χ4n) is 4.97. The van der Waals surface area contributed by atoms with Crippen LogP contribution in [0.5, 0.6) is 0 Å². The number of unbranched alkanes of at least 4 members (excludes halogenated alkanes) is 10. The molecule has 4 heteroatoms. The maximum atomic E-state index is 4.98. The maximum Gasteiger partial charge on any atom is 0.0619 e. The molecule has 4 nitrogen and oxygen atoms in total. The van der Waals surface area contributed by atoms with E-state index in [0.29, 0.717) is 0 Å². The molecule has 0 saturated heterocycles. The molecule has 0 N–H and O–H groups in total. The van der Waals surface area contributed by atoms with E-state index in [1.165, 1.54) is 99.8 Å². The lowest BCUT2D eigenvalue weighted by molar-refractivity contribution is 0.595. The van der Waals surface area contributed by atoms with E-state index >= 15 is 0 Å². The van der Waals surface area contributed by atoms with Crippen molar-refractivity contribution in [1.29, 1.82) is 0 Å². The van der Waals surface area contributed by atoms with Crippen molar-refractivity contribution < 1.29 is 0 Å². The van der Waals surface area contributed by atoms with Gasteiger partial charge in [0.1, 0.15) is 0 Å². The van der Waals surface area contributed by atoms with Gasteiger partial charge in [0.05, 0.1) is 45.6 Å². The minimum absolute atomic E-state index is 1.05. The highest BCUT2D eigenvalue weighted by Crippen LogP contribution is 2.16. The SMILES string of the molecule is CCCCCCCCc1nc(CCCCCCCC)c(C)nc1C.CCCc1nc(C)c(CCC)nc1C. The molecule has 0 aliphatic rings. The van der Waals surface area contributed by atoms with Gasteiger partial charge in [-0.25, -0.2) is 0 Å². The van der Waals surface area contributed by atoms with Crippen molar-refractivity contribution in [3.63, 3.8) is 0 Å². The van der Waals surface area contributed by atoms with Crippen molar-refractivity contribution in [2.75, 3.05) is 0 Å².